The molecule has 0 bridgehead atoms. The number of carbonyl (C=O) groups excluding carboxylic acids is 1. The molecule has 34 heavy (non-hydrogen) atoms. The van der Waals surface area contributed by atoms with Crippen molar-refractivity contribution < 1.29 is 18.0 Å². The first-order valence-electron chi connectivity index (χ1n) is 10.9. The van der Waals surface area contributed by atoms with Crippen LogP contribution < -0.4 is 0 Å². The molecule has 0 saturated carbocycles. The van der Waals surface area contributed by atoms with E-state index in [1.807, 2.05) is 32.9 Å². The second-order valence-electron chi connectivity index (χ2n) is 8.40. The van der Waals surface area contributed by atoms with Gasteiger partial charge in [-0.1, -0.05) is 38.1 Å². The summed E-state index contributed by atoms with van der Waals surface area (Å²) in [7, 11) is 1.57. The van der Waals surface area contributed by atoms with Crippen molar-refractivity contribution >= 4 is 11.6 Å². The van der Waals surface area contributed by atoms with Crippen molar-refractivity contribution in [1.82, 2.24) is 29.3 Å². The number of aromatic nitrogens is 5. The molecule has 178 valence electrons. The number of carbonyl (C=O) groups is 1. The zero-order valence-electron chi connectivity index (χ0n) is 19.3. The van der Waals surface area contributed by atoms with Crippen molar-refractivity contribution in [2.45, 2.75) is 46.0 Å². The molecule has 0 fully saturated rings. The standard InChI is InChI=1S/C24H25F3N6O/c1-5-32-18(10-11-28-32)14-31(4)23(34)20-13-22-29-19(12-21(24(25,26)27)33(22)30-20)17-8-6-16(7-9-17)15(2)3/h6-13,15H,5,14H2,1-4H3. The van der Waals surface area contributed by atoms with E-state index in [9.17, 15) is 18.0 Å². The van der Waals surface area contributed by atoms with Crippen molar-refractivity contribution in [2.24, 2.45) is 0 Å². The fraction of sp³-hybridized carbons (Fsp3) is 0.333. The summed E-state index contributed by atoms with van der Waals surface area (Å²) < 4.78 is 44.1. The summed E-state index contributed by atoms with van der Waals surface area (Å²) in [6, 6.07) is 11.3. The Balaban J connectivity index is 1.72. The molecule has 0 unspecified atom stereocenters. The molecular formula is C24H25F3N6O. The summed E-state index contributed by atoms with van der Waals surface area (Å²) in [5.41, 5.74) is 1.44. The van der Waals surface area contributed by atoms with E-state index in [0.29, 0.717) is 22.5 Å². The van der Waals surface area contributed by atoms with Crippen LogP contribution in [0.25, 0.3) is 16.9 Å². The fourth-order valence-electron chi connectivity index (χ4n) is 3.76. The number of rotatable bonds is 6. The van der Waals surface area contributed by atoms with Gasteiger partial charge in [0.25, 0.3) is 5.91 Å². The number of benzene rings is 1. The molecule has 1 amide bonds. The number of alkyl halides is 3. The second kappa shape index (κ2) is 8.92. The maximum absolute atomic E-state index is 13.9. The second-order valence-corrected chi connectivity index (χ2v) is 8.40. The van der Waals surface area contributed by atoms with Crippen molar-refractivity contribution in [3.05, 3.63) is 71.3 Å². The normalized spacial score (nSPS) is 12.0. The molecule has 10 heteroatoms. The molecule has 1 aromatic carbocycles. The predicted molar refractivity (Wildman–Crippen MR) is 121 cm³/mol. The first-order valence-corrected chi connectivity index (χ1v) is 10.9. The number of halogens is 3. The molecule has 3 heterocycles. The van der Waals surface area contributed by atoms with Gasteiger partial charge >= 0.3 is 6.18 Å². The largest absolute Gasteiger partial charge is 0.433 e. The maximum Gasteiger partial charge on any atom is 0.433 e. The van der Waals surface area contributed by atoms with E-state index < -0.39 is 17.8 Å². The van der Waals surface area contributed by atoms with Gasteiger partial charge in [-0.25, -0.2) is 9.50 Å². The van der Waals surface area contributed by atoms with Gasteiger partial charge in [-0.05, 0) is 30.5 Å². The number of hydrogen-bond donors (Lipinski definition) is 0. The molecule has 0 saturated heterocycles. The lowest BCUT2D eigenvalue weighted by atomic mass is 10.0. The highest BCUT2D eigenvalue weighted by Crippen LogP contribution is 2.32. The van der Waals surface area contributed by atoms with Gasteiger partial charge in [0, 0.05) is 31.4 Å². The smallest absolute Gasteiger partial charge is 0.334 e. The highest BCUT2D eigenvalue weighted by molar-refractivity contribution is 5.93. The van der Waals surface area contributed by atoms with Gasteiger partial charge in [0.15, 0.2) is 17.0 Å². The Hall–Kier alpha value is -3.69. The van der Waals surface area contributed by atoms with Gasteiger partial charge in [-0.15, -0.1) is 0 Å². The first kappa shape index (κ1) is 23.5. The monoisotopic (exact) mass is 470 g/mol. The minimum absolute atomic E-state index is 0.0480. The predicted octanol–water partition coefficient (Wildman–Crippen LogP) is 5.03. The minimum atomic E-state index is -4.68. The molecule has 7 nitrogen and oxygen atoms in total. The number of aryl methyl sites for hydroxylation is 1. The number of fused-ring (bicyclic) bond motifs is 1. The molecule has 3 aromatic heterocycles. The van der Waals surface area contributed by atoms with E-state index in [1.54, 1.807) is 36.1 Å². The molecular weight excluding hydrogens is 445 g/mol. The zero-order valence-corrected chi connectivity index (χ0v) is 19.3. The van der Waals surface area contributed by atoms with Gasteiger partial charge in [-0.3, -0.25) is 9.48 Å². The van der Waals surface area contributed by atoms with E-state index in [0.717, 1.165) is 17.3 Å². The average molecular weight is 470 g/mol. The van der Waals surface area contributed by atoms with Gasteiger partial charge in [-0.2, -0.15) is 23.4 Å². The van der Waals surface area contributed by atoms with Crippen LogP contribution in [0, 0.1) is 0 Å². The molecule has 0 radical (unpaired) electrons. The van der Waals surface area contributed by atoms with Crippen LogP contribution in [0.3, 0.4) is 0 Å². The third-order valence-corrected chi connectivity index (χ3v) is 5.66. The number of hydrogen-bond acceptors (Lipinski definition) is 4. The maximum atomic E-state index is 13.9. The quantitative estimate of drug-likeness (QED) is 0.397. The van der Waals surface area contributed by atoms with Gasteiger partial charge in [0.2, 0.25) is 0 Å². The molecule has 0 aliphatic rings. The van der Waals surface area contributed by atoms with Crippen LogP contribution in [-0.4, -0.2) is 42.2 Å². The van der Waals surface area contributed by atoms with Crippen LogP contribution in [0.15, 0.2) is 48.7 Å². The van der Waals surface area contributed by atoms with Crippen molar-refractivity contribution in [1.29, 1.82) is 0 Å². The van der Waals surface area contributed by atoms with Gasteiger partial charge < -0.3 is 4.90 Å². The van der Waals surface area contributed by atoms with E-state index in [2.05, 4.69) is 15.2 Å². The Morgan fingerprint density at radius 3 is 2.44 bits per heavy atom. The molecule has 4 rings (SSSR count). The third kappa shape index (κ3) is 4.52. The Morgan fingerprint density at radius 1 is 1.12 bits per heavy atom. The van der Waals surface area contributed by atoms with E-state index in [4.69, 9.17) is 0 Å². The highest BCUT2D eigenvalue weighted by Gasteiger charge is 2.36. The van der Waals surface area contributed by atoms with Crippen LogP contribution in [0.4, 0.5) is 13.2 Å². The van der Waals surface area contributed by atoms with Crippen molar-refractivity contribution in [2.75, 3.05) is 7.05 Å². The van der Waals surface area contributed by atoms with Crippen LogP contribution in [0.2, 0.25) is 0 Å². The number of amides is 1. The minimum Gasteiger partial charge on any atom is -0.334 e. The van der Waals surface area contributed by atoms with Crippen molar-refractivity contribution in [3.63, 3.8) is 0 Å². The molecule has 0 atom stereocenters. The molecule has 0 aliphatic carbocycles. The molecule has 0 N–H and O–H groups in total. The summed E-state index contributed by atoms with van der Waals surface area (Å²) in [5.74, 6) is -0.211. The summed E-state index contributed by atoms with van der Waals surface area (Å²) in [6.45, 7) is 6.89. The third-order valence-electron chi connectivity index (χ3n) is 5.66. The summed E-state index contributed by atoms with van der Waals surface area (Å²) >= 11 is 0. The molecule has 0 spiro atoms. The Morgan fingerprint density at radius 2 is 1.82 bits per heavy atom. The molecule has 4 aromatic rings. The van der Waals surface area contributed by atoms with E-state index in [-0.39, 0.29) is 23.6 Å². The average Bonchev–Trinajstić information content (AvgIpc) is 3.43. The highest BCUT2D eigenvalue weighted by atomic mass is 19.4. The molecule has 0 aliphatic heterocycles. The summed E-state index contributed by atoms with van der Waals surface area (Å²) in [5, 5.41) is 8.14. The lowest BCUT2D eigenvalue weighted by Crippen LogP contribution is -2.28. The Kier molecular flexibility index (Phi) is 6.16. The summed E-state index contributed by atoms with van der Waals surface area (Å²) in [6.07, 6.45) is -3.05. The van der Waals surface area contributed by atoms with Crippen molar-refractivity contribution in [3.8, 4) is 11.3 Å². The van der Waals surface area contributed by atoms with E-state index >= 15 is 0 Å². The lowest BCUT2D eigenvalue weighted by molar-refractivity contribution is -0.142. The van der Waals surface area contributed by atoms with Gasteiger partial charge in [0.05, 0.1) is 17.9 Å². The SMILES string of the molecule is CCn1nccc1CN(C)C(=O)c1cc2nc(-c3ccc(C(C)C)cc3)cc(C(F)(F)F)n2n1. The van der Waals surface area contributed by atoms with Crippen LogP contribution in [0.1, 0.15) is 54.1 Å². The fourth-order valence-corrected chi connectivity index (χ4v) is 3.76. The number of nitrogens with zero attached hydrogens (tertiary/aromatic N) is 6. The Labute approximate surface area is 194 Å². The zero-order chi connectivity index (χ0) is 24.6. The summed E-state index contributed by atoms with van der Waals surface area (Å²) in [4.78, 5) is 18.7. The lowest BCUT2D eigenvalue weighted by Gasteiger charge is -2.16. The van der Waals surface area contributed by atoms with Crippen LogP contribution in [0.5, 0.6) is 0 Å². The van der Waals surface area contributed by atoms with Gasteiger partial charge in [0.1, 0.15) is 0 Å². The van der Waals surface area contributed by atoms with Crippen LogP contribution >= 0.6 is 0 Å². The Bertz CT molecular complexity index is 1320. The van der Waals surface area contributed by atoms with E-state index in [1.165, 1.54) is 11.0 Å². The first-order chi connectivity index (χ1) is 16.1. The topological polar surface area (TPSA) is 68.3 Å². The van der Waals surface area contributed by atoms with Crippen LogP contribution in [-0.2, 0) is 19.3 Å².